The molecule has 158 valence electrons. The van der Waals surface area contributed by atoms with Gasteiger partial charge in [-0.2, -0.15) is 0 Å². The van der Waals surface area contributed by atoms with Crippen molar-refractivity contribution in [3.05, 3.63) is 17.9 Å². The van der Waals surface area contributed by atoms with Crippen molar-refractivity contribution in [2.24, 2.45) is 5.73 Å². The van der Waals surface area contributed by atoms with Gasteiger partial charge in [0, 0.05) is 0 Å². The van der Waals surface area contributed by atoms with Gasteiger partial charge < -0.3 is 10.2 Å². The van der Waals surface area contributed by atoms with Crippen LogP contribution in [0.5, 0.6) is 0 Å². The highest BCUT2D eigenvalue weighted by Crippen LogP contribution is 2.28. The summed E-state index contributed by atoms with van der Waals surface area (Å²) in [5, 5.41) is 1.27. The average Bonchev–Trinajstić information content (AvgIpc) is 3.17. The molecule has 0 radical (unpaired) electrons. The van der Waals surface area contributed by atoms with Crippen molar-refractivity contribution in [1.82, 2.24) is 0 Å². The Hall–Kier alpha value is -0.543. The molecule has 1 rings (SSSR count). The minimum absolute atomic E-state index is 0.326. The fourth-order valence-electron chi connectivity index (χ4n) is 4.31. The van der Waals surface area contributed by atoms with Gasteiger partial charge in [-0.15, -0.1) is 0 Å². The Morgan fingerprint density at radius 3 is 1.74 bits per heavy atom. The van der Waals surface area contributed by atoms with E-state index in [0.717, 1.165) is 12.2 Å². The highest BCUT2D eigenvalue weighted by molar-refractivity contribution is 6.90. The van der Waals surface area contributed by atoms with Gasteiger partial charge in [-0.3, -0.25) is 0 Å². The third kappa shape index (κ3) is 7.77. The van der Waals surface area contributed by atoms with Crippen LogP contribution in [-0.4, -0.2) is 8.07 Å². The molecule has 1 unspecified atom stereocenters. The van der Waals surface area contributed by atoms with Crippen LogP contribution < -0.4 is 11.1 Å². The lowest BCUT2D eigenvalue weighted by atomic mass is 9.92. The van der Waals surface area contributed by atoms with Crippen LogP contribution in [0.2, 0.25) is 18.1 Å². The van der Waals surface area contributed by atoms with Crippen LogP contribution in [0, 0.1) is 0 Å². The second kappa shape index (κ2) is 12.8. The van der Waals surface area contributed by atoms with E-state index in [4.69, 9.17) is 10.2 Å². The lowest BCUT2D eigenvalue weighted by molar-refractivity contribution is 0.342. The molecule has 1 aromatic heterocycles. The molecule has 0 aromatic carbocycles. The maximum atomic E-state index is 6.65. The predicted octanol–water partition coefficient (Wildman–Crippen LogP) is 7.48. The summed E-state index contributed by atoms with van der Waals surface area (Å²) in [5.41, 5.74) is 6.32. The molecule has 0 spiro atoms. The zero-order valence-electron chi connectivity index (χ0n) is 19.0. The Bertz CT molecular complexity index is 482. The SMILES string of the molecule is CCCCCCCCCCCCC(C)(N)c1ccc([Si](CC)(CC)CC)o1. The largest absolute Gasteiger partial charge is 0.469 e. The van der Waals surface area contributed by atoms with Crippen LogP contribution in [0.4, 0.5) is 0 Å². The van der Waals surface area contributed by atoms with E-state index in [9.17, 15) is 0 Å². The summed E-state index contributed by atoms with van der Waals surface area (Å²) in [5.74, 6) is 1.00. The Morgan fingerprint density at radius 2 is 1.26 bits per heavy atom. The Balaban J connectivity index is 2.35. The topological polar surface area (TPSA) is 39.2 Å². The number of nitrogens with two attached hydrogens (primary N) is 1. The van der Waals surface area contributed by atoms with E-state index in [2.05, 4.69) is 46.8 Å². The first-order valence-electron chi connectivity index (χ1n) is 11.9. The van der Waals surface area contributed by atoms with Crippen molar-refractivity contribution in [3.8, 4) is 0 Å². The third-order valence-electron chi connectivity index (χ3n) is 6.77. The number of hydrogen-bond acceptors (Lipinski definition) is 2. The lowest BCUT2D eigenvalue weighted by Crippen LogP contribution is -2.45. The monoisotopic (exact) mass is 393 g/mol. The number of unbranched alkanes of at least 4 members (excludes halogenated alkanes) is 9. The number of furan rings is 1. The van der Waals surface area contributed by atoms with Gasteiger partial charge in [-0.05, 0) is 25.5 Å². The first-order chi connectivity index (χ1) is 13.0. The molecule has 0 saturated carbocycles. The molecule has 1 heterocycles. The highest BCUT2D eigenvalue weighted by atomic mass is 28.3. The Morgan fingerprint density at radius 1 is 0.778 bits per heavy atom. The van der Waals surface area contributed by atoms with Gasteiger partial charge in [0.2, 0.25) is 0 Å². The molecule has 1 atom stereocenters. The summed E-state index contributed by atoms with van der Waals surface area (Å²) < 4.78 is 6.37. The molecule has 0 amide bonds. The summed E-state index contributed by atoms with van der Waals surface area (Å²) >= 11 is 0. The molecule has 0 aliphatic carbocycles. The van der Waals surface area contributed by atoms with Crippen LogP contribution >= 0.6 is 0 Å². The average molecular weight is 394 g/mol. The van der Waals surface area contributed by atoms with Gasteiger partial charge in [0.15, 0.2) is 0 Å². The fourth-order valence-corrected chi connectivity index (χ4v) is 7.61. The molecule has 3 heteroatoms. The predicted molar refractivity (Wildman–Crippen MR) is 124 cm³/mol. The van der Waals surface area contributed by atoms with Crippen LogP contribution in [0.25, 0.3) is 0 Å². The van der Waals surface area contributed by atoms with Crippen LogP contribution in [-0.2, 0) is 5.54 Å². The summed E-state index contributed by atoms with van der Waals surface area (Å²) in [6.07, 6.45) is 14.7. The lowest BCUT2D eigenvalue weighted by Gasteiger charge is -2.26. The number of rotatable bonds is 16. The molecule has 1 aromatic rings. The maximum absolute atomic E-state index is 6.65. The second-order valence-corrected chi connectivity index (χ2v) is 14.0. The second-order valence-electron chi connectivity index (χ2n) is 8.85. The van der Waals surface area contributed by atoms with Crippen molar-refractivity contribution in [1.29, 1.82) is 0 Å². The molecule has 27 heavy (non-hydrogen) atoms. The van der Waals surface area contributed by atoms with E-state index in [0.29, 0.717) is 0 Å². The smallest absolute Gasteiger partial charge is 0.131 e. The summed E-state index contributed by atoms with van der Waals surface area (Å²) in [4.78, 5) is 0. The van der Waals surface area contributed by atoms with Gasteiger partial charge in [0.05, 0.1) is 10.9 Å². The molecule has 0 saturated heterocycles. The first kappa shape index (κ1) is 24.5. The summed E-state index contributed by atoms with van der Waals surface area (Å²) in [6.45, 7) is 11.4. The molecular formula is C24H47NOSi. The molecule has 0 bridgehead atoms. The third-order valence-corrected chi connectivity index (χ3v) is 12.1. The van der Waals surface area contributed by atoms with Gasteiger partial charge in [0.1, 0.15) is 13.8 Å². The van der Waals surface area contributed by atoms with E-state index in [-0.39, 0.29) is 5.54 Å². The standard InChI is InChI=1S/C24H47NOSi/c1-6-10-11-12-13-14-15-16-17-18-21-24(5,25)22-19-20-23(26-22)27(7-2,8-3)9-4/h19-20H,6-18,21,25H2,1-5H3. The van der Waals surface area contributed by atoms with E-state index >= 15 is 0 Å². The van der Waals surface area contributed by atoms with Crippen molar-refractivity contribution >= 4 is 13.5 Å². The normalized spacial score (nSPS) is 14.4. The van der Waals surface area contributed by atoms with Crippen LogP contribution in [0.15, 0.2) is 16.5 Å². The molecule has 2 nitrogen and oxygen atoms in total. The Labute approximate surface area is 170 Å². The van der Waals surface area contributed by atoms with Crippen molar-refractivity contribution in [2.75, 3.05) is 0 Å². The summed E-state index contributed by atoms with van der Waals surface area (Å²) in [6, 6.07) is 8.17. The molecular weight excluding hydrogens is 346 g/mol. The first-order valence-corrected chi connectivity index (χ1v) is 14.5. The number of hydrogen-bond donors (Lipinski definition) is 1. The van der Waals surface area contributed by atoms with E-state index in [1.807, 2.05) is 0 Å². The zero-order valence-corrected chi connectivity index (χ0v) is 20.0. The van der Waals surface area contributed by atoms with Crippen LogP contribution in [0.1, 0.15) is 111 Å². The van der Waals surface area contributed by atoms with Gasteiger partial charge >= 0.3 is 0 Å². The maximum Gasteiger partial charge on any atom is 0.131 e. The van der Waals surface area contributed by atoms with Crippen molar-refractivity contribution in [3.63, 3.8) is 0 Å². The van der Waals surface area contributed by atoms with E-state index < -0.39 is 8.07 Å². The van der Waals surface area contributed by atoms with Crippen molar-refractivity contribution < 1.29 is 4.42 Å². The molecule has 2 N–H and O–H groups in total. The quantitative estimate of drug-likeness (QED) is 0.233. The van der Waals surface area contributed by atoms with Gasteiger partial charge in [-0.1, -0.05) is 110 Å². The minimum atomic E-state index is -1.44. The van der Waals surface area contributed by atoms with E-state index in [1.165, 1.54) is 87.7 Å². The van der Waals surface area contributed by atoms with Gasteiger partial charge in [0.25, 0.3) is 0 Å². The van der Waals surface area contributed by atoms with Gasteiger partial charge in [-0.25, -0.2) is 0 Å². The fraction of sp³-hybridized carbons (Fsp3) is 0.833. The molecule has 0 aliphatic heterocycles. The Kier molecular flexibility index (Phi) is 11.6. The van der Waals surface area contributed by atoms with Crippen molar-refractivity contribution in [2.45, 2.75) is 129 Å². The minimum Gasteiger partial charge on any atom is -0.469 e. The molecule has 0 fully saturated rings. The highest BCUT2D eigenvalue weighted by Gasteiger charge is 2.34. The zero-order chi connectivity index (χ0) is 20.2. The molecule has 0 aliphatic rings. The summed E-state index contributed by atoms with van der Waals surface area (Å²) in [7, 11) is -1.44. The van der Waals surface area contributed by atoms with Crippen LogP contribution in [0.3, 0.4) is 0 Å². The van der Waals surface area contributed by atoms with E-state index in [1.54, 1.807) is 0 Å².